The number of anilines is 2. The van der Waals surface area contributed by atoms with Crippen molar-refractivity contribution in [1.29, 1.82) is 0 Å². The molecular formula is C26H43N3O2. The fourth-order valence-corrected chi connectivity index (χ4v) is 4.50. The van der Waals surface area contributed by atoms with Gasteiger partial charge in [-0.25, -0.2) is 0 Å². The van der Waals surface area contributed by atoms with Gasteiger partial charge in [0.2, 0.25) is 11.8 Å². The predicted molar refractivity (Wildman–Crippen MR) is 130 cm³/mol. The molecule has 2 rings (SSSR count). The number of benzene rings is 1. The average molecular weight is 430 g/mol. The van der Waals surface area contributed by atoms with Crippen molar-refractivity contribution in [3.05, 3.63) is 23.8 Å². The summed E-state index contributed by atoms with van der Waals surface area (Å²) in [6.07, 6.45) is 5.96. The summed E-state index contributed by atoms with van der Waals surface area (Å²) >= 11 is 0. The second-order valence-corrected chi connectivity index (χ2v) is 9.67. The van der Waals surface area contributed by atoms with E-state index in [-0.39, 0.29) is 29.7 Å². The number of nitrogens with zero attached hydrogens (tertiary/aromatic N) is 2. The zero-order valence-corrected chi connectivity index (χ0v) is 20.7. The highest BCUT2D eigenvalue weighted by atomic mass is 16.2. The van der Waals surface area contributed by atoms with Crippen molar-refractivity contribution in [2.45, 2.75) is 85.7 Å². The Labute approximate surface area is 189 Å². The normalized spacial score (nSPS) is 15.4. The second-order valence-electron chi connectivity index (χ2n) is 9.67. The summed E-state index contributed by atoms with van der Waals surface area (Å²) < 4.78 is 0. The molecule has 1 aliphatic rings. The zero-order valence-electron chi connectivity index (χ0n) is 20.7. The summed E-state index contributed by atoms with van der Waals surface area (Å²) in [7, 11) is 4.04. The van der Waals surface area contributed by atoms with Crippen LogP contribution in [-0.4, -0.2) is 36.9 Å². The molecule has 0 bridgehead atoms. The average Bonchev–Trinajstić information content (AvgIpc) is 3.27. The summed E-state index contributed by atoms with van der Waals surface area (Å²) in [4.78, 5) is 30.2. The van der Waals surface area contributed by atoms with Crippen LogP contribution in [0.25, 0.3) is 0 Å². The number of hydrogen-bond donors (Lipinski definition) is 1. The van der Waals surface area contributed by atoms with E-state index < -0.39 is 0 Å². The van der Waals surface area contributed by atoms with E-state index in [4.69, 9.17) is 0 Å². The Morgan fingerprint density at radius 1 is 1.06 bits per heavy atom. The van der Waals surface area contributed by atoms with Crippen LogP contribution in [0.2, 0.25) is 0 Å². The molecule has 0 spiro atoms. The van der Waals surface area contributed by atoms with Gasteiger partial charge in [-0.15, -0.1) is 0 Å². The minimum absolute atomic E-state index is 0.0502. The number of carbonyl (C=O) groups is 2. The molecule has 1 fully saturated rings. The molecule has 1 aromatic carbocycles. The van der Waals surface area contributed by atoms with E-state index in [0.29, 0.717) is 12.5 Å². The fraction of sp³-hybridized carbons (Fsp3) is 0.692. The summed E-state index contributed by atoms with van der Waals surface area (Å²) in [5.74, 6) is 0.907. The van der Waals surface area contributed by atoms with Crippen molar-refractivity contribution in [2.24, 2.45) is 17.8 Å². The first-order valence-corrected chi connectivity index (χ1v) is 12.1. The first kappa shape index (κ1) is 25.2. The van der Waals surface area contributed by atoms with Crippen molar-refractivity contribution >= 4 is 23.2 Å². The number of carbonyl (C=O) groups excluding carboxylic acids is 2. The van der Waals surface area contributed by atoms with Crippen molar-refractivity contribution in [3.63, 3.8) is 0 Å². The van der Waals surface area contributed by atoms with E-state index in [1.54, 1.807) is 0 Å². The Kier molecular flexibility index (Phi) is 9.39. The fourth-order valence-electron chi connectivity index (χ4n) is 4.50. The van der Waals surface area contributed by atoms with Crippen LogP contribution >= 0.6 is 0 Å². The maximum Gasteiger partial charge on any atom is 0.227 e. The molecule has 1 aromatic rings. The van der Waals surface area contributed by atoms with Crippen LogP contribution in [0.5, 0.6) is 0 Å². The lowest BCUT2D eigenvalue weighted by Crippen LogP contribution is -2.44. The molecule has 174 valence electrons. The predicted octanol–water partition coefficient (Wildman–Crippen LogP) is 5.69. The molecule has 0 radical (unpaired) electrons. The van der Waals surface area contributed by atoms with Gasteiger partial charge in [-0.1, -0.05) is 40.5 Å². The highest BCUT2D eigenvalue weighted by Gasteiger charge is 2.28. The third-order valence-electron chi connectivity index (χ3n) is 6.97. The van der Waals surface area contributed by atoms with E-state index in [1.165, 1.54) is 0 Å². The van der Waals surface area contributed by atoms with Crippen LogP contribution in [0, 0.1) is 17.8 Å². The number of rotatable bonds is 10. The number of nitrogens with one attached hydrogen (secondary N) is 1. The molecule has 1 unspecified atom stereocenters. The number of amides is 2. The first-order valence-electron chi connectivity index (χ1n) is 12.1. The Morgan fingerprint density at radius 2 is 1.68 bits per heavy atom. The lowest BCUT2D eigenvalue weighted by Gasteiger charge is -2.35. The van der Waals surface area contributed by atoms with Crippen molar-refractivity contribution in [2.75, 3.05) is 24.3 Å². The minimum atomic E-state index is 0.0502. The highest BCUT2D eigenvalue weighted by Crippen LogP contribution is 2.30. The van der Waals surface area contributed by atoms with Crippen molar-refractivity contribution < 1.29 is 9.59 Å². The molecule has 5 nitrogen and oxygen atoms in total. The van der Waals surface area contributed by atoms with Crippen LogP contribution in [0.15, 0.2) is 18.2 Å². The largest absolute Gasteiger partial charge is 0.377 e. The molecule has 1 N–H and O–H groups in total. The molecule has 5 heteroatoms. The SMILES string of the molecule is CCC(CC)C(=O)N(Cc1cc(NC(=O)C2CCCC2)ccc1N(C)C)C(C)C(C)C. The summed E-state index contributed by atoms with van der Waals surface area (Å²) in [5, 5.41) is 3.13. The van der Waals surface area contributed by atoms with Gasteiger partial charge >= 0.3 is 0 Å². The number of hydrogen-bond acceptors (Lipinski definition) is 3. The smallest absolute Gasteiger partial charge is 0.227 e. The maximum absolute atomic E-state index is 13.4. The summed E-state index contributed by atoms with van der Waals surface area (Å²) in [6.45, 7) is 11.2. The third kappa shape index (κ3) is 6.47. The van der Waals surface area contributed by atoms with Crippen LogP contribution in [0.1, 0.15) is 78.7 Å². The van der Waals surface area contributed by atoms with Crippen LogP contribution in [-0.2, 0) is 16.1 Å². The Bertz CT molecular complexity index is 734. The molecule has 0 aliphatic heterocycles. The Hall–Kier alpha value is -2.04. The Morgan fingerprint density at radius 3 is 2.19 bits per heavy atom. The van der Waals surface area contributed by atoms with Gasteiger partial charge in [0.1, 0.15) is 0 Å². The van der Waals surface area contributed by atoms with Gasteiger partial charge in [-0.05, 0) is 62.3 Å². The van der Waals surface area contributed by atoms with Gasteiger partial charge in [0.15, 0.2) is 0 Å². The molecule has 1 atom stereocenters. The second kappa shape index (κ2) is 11.5. The van der Waals surface area contributed by atoms with E-state index in [2.05, 4.69) is 57.0 Å². The van der Waals surface area contributed by atoms with Crippen LogP contribution in [0.4, 0.5) is 11.4 Å². The molecule has 0 saturated heterocycles. The molecule has 1 aliphatic carbocycles. The molecular weight excluding hydrogens is 386 g/mol. The third-order valence-corrected chi connectivity index (χ3v) is 6.97. The monoisotopic (exact) mass is 429 g/mol. The van der Waals surface area contributed by atoms with Gasteiger partial charge in [0.05, 0.1) is 0 Å². The zero-order chi connectivity index (χ0) is 23.1. The van der Waals surface area contributed by atoms with Crippen molar-refractivity contribution in [3.8, 4) is 0 Å². The standard InChI is InChI=1S/C26H43N3O2/c1-8-20(9-2)26(31)29(19(5)18(3)4)17-22-16-23(14-15-24(22)28(6)7)27-25(30)21-12-10-11-13-21/h14-16,18-21H,8-13,17H2,1-7H3,(H,27,30). The van der Waals surface area contributed by atoms with Gasteiger partial charge in [-0.2, -0.15) is 0 Å². The molecule has 2 amide bonds. The highest BCUT2D eigenvalue weighted by molar-refractivity contribution is 5.93. The van der Waals surface area contributed by atoms with Crippen molar-refractivity contribution in [1.82, 2.24) is 4.90 Å². The van der Waals surface area contributed by atoms with E-state index in [1.807, 2.05) is 25.1 Å². The molecule has 0 aromatic heterocycles. The van der Waals surface area contributed by atoms with Crippen LogP contribution in [0.3, 0.4) is 0 Å². The van der Waals surface area contributed by atoms with Crippen LogP contribution < -0.4 is 10.2 Å². The minimum Gasteiger partial charge on any atom is -0.377 e. The summed E-state index contributed by atoms with van der Waals surface area (Å²) in [6, 6.07) is 6.23. The first-order chi connectivity index (χ1) is 14.7. The topological polar surface area (TPSA) is 52.7 Å². The van der Waals surface area contributed by atoms with E-state index in [9.17, 15) is 9.59 Å². The van der Waals surface area contributed by atoms with Gasteiger partial charge in [-0.3, -0.25) is 9.59 Å². The lowest BCUT2D eigenvalue weighted by molar-refractivity contribution is -0.139. The molecule has 31 heavy (non-hydrogen) atoms. The molecule has 1 saturated carbocycles. The summed E-state index contributed by atoms with van der Waals surface area (Å²) in [5.41, 5.74) is 2.97. The van der Waals surface area contributed by atoms with E-state index in [0.717, 1.165) is 55.5 Å². The van der Waals surface area contributed by atoms with E-state index >= 15 is 0 Å². The lowest BCUT2D eigenvalue weighted by atomic mass is 9.96. The van der Waals surface area contributed by atoms with Gasteiger partial charge < -0.3 is 15.1 Å². The van der Waals surface area contributed by atoms with Gasteiger partial charge in [0.25, 0.3) is 0 Å². The maximum atomic E-state index is 13.4. The Balaban J connectivity index is 2.34. The van der Waals surface area contributed by atoms with Gasteiger partial charge in [0, 0.05) is 49.9 Å². The quantitative estimate of drug-likeness (QED) is 0.520. The molecule has 0 heterocycles.